The van der Waals surface area contributed by atoms with Crippen LogP contribution in [0.25, 0.3) is 0 Å². The average Bonchev–Trinajstić information content (AvgIpc) is 2.27. The van der Waals surface area contributed by atoms with Crippen LogP contribution in [0.2, 0.25) is 0 Å². The zero-order valence-electron chi connectivity index (χ0n) is 9.80. The maximum absolute atomic E-state index is 13.2. The highest BCUT2D eigenvalue weighted by molar-refractivity contribution is 5.27. The van der Waals surface area contributed by atoms with Crippen molar-refractivity contribution in [3.05, 3.63) is 35.1 Å². The third kappa shape index (κ3) is 3.96. The molecule has 0 saturated heterocycles. The molecule has 1 atom stereocenters. The van der Waals surface area contributed by atoms with Crippen LogP contribution in [-0.2, 0) is 10.9 Å². The zero-order chi connectivity index (χ0) is 13.8. The molecule has 1 N–H and O–H groups in total. The lowest BCUT2D eigenvalue weighted by Crippen LogP contribution is -2.11. The van der Waals surface area contributed by atoms with Crippen molar-refractivity contribution >= 4 is 0 Å². The van der Waals surface area contributed by atoms with E-state index in [1.807, 2.05) is 6.92 Å². The van der Waals surface area contributed by atoms with Gasteiger partial charge in [0.25, 0.3) is 0 Å². The second-order valence-electron chi connectivity index (χ2n) is 3.83. The predicted octanol–water partition coefficient (Wildman–Crippen LogP) is 3.30. The molecule has 0 heterocycles. The van der Waals surface area contributed by atoms with Crippen molar-refractivity contribution < 1.29 is 27.4 Å². The molecule has 0 spiro atoms. The van der Waals surface area contributed by atoms with Crippen molar-refractivity contribution in [2.45, 2.75) is 25.6 Å². The van der Waals surface area contributed by atoms with E-state index in [4.69, 9.17) is 4.74 Å². The van der Waals surface area contributed by atoms with E-state index in [1.54, 1.807) is 0 Å². The quantitative estimate of drug-likeness (QED) is 0.654. The molecule has 1 unspecified atom stereocenters. The molecular formula is C12H14F4O2. The van der Waals surface area contributed by atoms with Crippen molar-refractivity contribution in [3.63, 3.8) is 0 Å². The minimum atomic E-state index is -4.73. The van der Waals surface area contributed by atoms with Crippen LogP contribution in [0.15, 0.2) is 18.2 Å². The fourth-order valence-corrected chi connectivity index (χ4v) is 1.40. The van der Waals surface area contributed by atoms with Crippen LogP contribution >= 0.6 is 0 Å². The minimum absolute atomic E-state index is 0.0663. The lowest BCUT2D eigenvalue weighted by molar-refractivity contribution is -0.140. The predicted molar refractivity (Wildman–Crippen MR) is 57.5 cm³/mol. The lowest BCUT2D eigenvalue weighted by Gasteiger charge is -2.13. The van der Waals surface area contributed by atoms with Crippen LogP contribution in [-0.4, -0.2) is 18.3 Å². The highest BCUT2D eigenvalue weighted by atomic mass is 19.4. The molecule has 1 aromatic rings. The van der Waals surface area contributed by atoms with Gasteiger partial charge in [-0.05, 0) is 24.1 Å². The second kappa shape index (κ2) is 6.15. The summed E-state index contributed by atoms with van der Waals surface area (Å²) in [5.74, 6) is -1.39. The summed E-state index contributed by atoms with van der Waals surface area (Å²) in [6.45, 7) is 2.24. The smallest absolute Gasteiger partial charge is 0.386 e. The van der Waals surface area contributed by atoms with Gasteiger partial charge in [0.05, 0.1) is 12.2 Å². The lowest BCUT2D eigenvalue weighted by atomic mass is 10.1. The third-order valence-electron chi connectivity index (χ3n) is 2.31. The van der Waals surface area contributed by atoms with Crippen molar-refractivity contribution in [1.82, 2.24) is 0 Å². The van der Waals surface area contributed by atoms with E-state index in [2.05, 4.69) is 0 Å². The molecule has 2 nitrogen and oxygen atoms in total. The van der Waals surface area contributed by atoms with Crippen LogP contribution in [0.1, 0.15) is 30.6 Å². The van der Waals surface area contributed by atoms with Crippen molar-refractivity contribution in [3.8, 4) is 0 Å². The summed E-state index contributed by atoms with van der Waals surface area (Å²) >= 11 is 0. The molecule has 0 aromatic heterocycles. The molecular weight excluding hydrogens is 252 g/mol. The van der Waals surface area contributed by atoms with E-state index in [9.17, 15) is 22.7 Å². The Bertz CT molecular complexity index is 390. The molecule has 0 radical (unpaired) electrons. The maximum Gasteiger partial charge on any atom is 0.419 e. The largest absolute Gasteiger partial charge is 0.419 e. The topological polar surface area (TPSA) is 29.5 Å². The Hall–Kier alpha value is -1.14. The number of alkyl halides is 3. The van der Waals surface area contributed by atoms with Crippen LogP contribution < -0.4 is 0 Å². The Morgan fingerprint density at radius 3 is 2.50 bits per heavy atom. The Morgan fingerprint density at radius 2 is 2.00 bits per heavy atom. The fraction of sp³-hybridized carbons (Fsp3) is 0.500. The van der Waals surface area contributed by atoms with Gasteiger partial charge in [-0.3, -0.25) is 0 Å². The Labute approximate surface area is 102 Å². The van der Waals surface area contributed by atoms with Crippen molar-refractivity contribution in [2.24, 2.45) is 0 Å². The molecule has 0 bridgehead atoms. The Balaban J connectivity index is 2.78. The van der Waals surface area contributed by atoms with Crippen LogP contribution in [0, 0.1) is 5.82 Å². The zero-order valence-corrected chi connectivity index (χ0v) is 9.80. The molecule has 0 fully saturated rings. The number of halogens is 4. The summed E-state index contributed by atoms with van der Waals surface area (Å²) < 4.78 is 55.2. The van der Waals surface area contributed by atoms with E-state index in [0.717, 1.165) is 12.5 Å². The van der Waals surface area contributed by atoms with Gasteiger partial charge in [-0.25, -0.2) is 4.39 Å². The summed E-state index contributed by atoms with van der Waals surface area (Å²) in [6, 6.07) is 2.35. The number of ether oxygens (including phenoxy) is 1. The molecule has 0 aliphatic rings. The molecule has 0 amide bonds. The number of aliphatic hydroxyl groups excluding tert-OH is 1. The monoisotopic (exact) mass is 266 g/mol. The van der Waals surface area contributed by atoms with Gasteiger partial charge in [0.1, 0.15) is 11.9 Å². The number of aliphatic hydroxyl groups is 1. The first-order chi connectivity index (χ1) is 8.36. The number of hydrogen-bond acceptors (Lipinski definition) is 2. The normalized spacial score (nSPS) is 13.7. The van der Waals surface area contributed by atoms with Gasteiger partial charge in [0, 0.05) is 6.61 Å². The molecule has 102 valence electrons. The van der Waals surface area contributed by atoms with Crippen LogP contribution in [0.5, 0.6) is 0 Å². The van der Waals surface area contributed by atoms with Gasteiger partial charge in [0.2, 0.25) is 0 Å². The van der Waals surface area contributed by atoms with Crippen LogP contribution in [0.3, 0.4) is 0 Å². The van der Waals surface area contributed by atoms with E-state index in [0.29, 0.717) is 18.7 Å². The first-order valence-electron chi connectivity index (χ1n) is 5.48. The van der Waals surface area contributed by atoms with E-state index in [1.165, 1.54) is 0 Å². The second-order valence-corrected chi connectivity index (χ2v) is 3.83. The van der Waals surface area contributed by atoms with Crippen molar-refractivity contribution in [1.29, 1.82) is 0 Å². The maximum atomic E-state index is 13.2. The van der Waals surface area contributed by atoms with Gasteiger partial charge in [-0.15, -0.1) is 0 Å². The SMILES string of the molecule is CCCOCC(O)c1ccc(C(F)(F)F)c(F)c1. The standard InChI is InChI=1S/C12H14F4O2/c1-2-5-18-7-11(17)8-3-4-9(10(13)6-8)12(14,15)16/h3-4,6,11,17H,2,5,7H2,1H3. The average molecular weight is 266 g/mol. The third-order valence-corrected chi connectivity index (χ3v) is 2.31. The molecule has 6 heteroatoms. The first kappa shape index (κ1) is 14.9. The highest BCUT2D eigenvalue weighted by Crippen LogP contribution is 2.32. The molecule has 1 rings (SSSR count). The summed E-state index contributed by atoms with van der Waals surface area (Å²) in [7, 11) is 0. The Morgan fingerprint density at radius 1 is 1.33 bits per heavy atom. The van der Waals surface area contributed by atoms with Crippen LogP contribution in [0.4, 0.5) is 17.6 Å². The number of hydrogen-bond donors (Lipinski definition) is 1. The summed E-state index contributed by atoms with van der Waals surface area (Å²) in [5.41, 5.74) is -1.27. The highest BCUT2D eigenvalue weighted by Gasteiger charge is 2.34. The summed E-state index contributed by atoms with van der Waals surface area (Å²) in [4.78, 5) is 0. The number of benzene rings is 1. The summed E-state index contributed by atoms with van der Waals surface area (Å²) in [6.07, 6.45) is -5.10. The van der Waals surface area contributed by atoms with Gasteiger partial charge < -0.3 is 9.84 Å². The molecule has 0 saturated carbocycles. The van der Waals surface area contributed by atoms with Gasteiger partial charge in [0.15, 0.2) is 0 Å². The first-order valence-corrected chi connectivity index (χ1v) is 5.48. The Kier molecular flexibility index (Phi) is 5.10. The summed E-state index contributed by atoms with van der Waals surface area (Å²) in [5, 5.41) is 9.59. The molecule has 18 heavy (non-hydrogen) atoms. The molecule has 0 aliphatic carbocycles. The van der Waals surface area contributed by atoms with E-state index < -0.39 is 23.7 Å². The van der Waals surface area contributed by atoms with Gasteiger partial charge >= 0.3 is 6.18 Å². The number of rotatable bonds is 5. The molecule has 0 aliphatic heterocycles. The minimum Gasteiger partial charge on any atom is -0.386 e. The van der Waals surface area contributed by atoms with E-state index >= 15 is 0 Å². The molecule has 1 aromatic carbocycles. The van der Waals surface area contributed by atoms with Gasteiger partial charge in [-0.2, -0.15) is 13.2 Å². The van der Waals surface area contributed by atoms with Gasteiger partial charge in [-0.1, -0.05) is 13.0 Å². The fourth-order valence-electron chi connectivity index (χ4n) is 1.40. The van der Waals surface area contributed by atoms with Crippen molar-refractivity contribution in [2.75, 3.05) is 13.2 Å². The van der Waals surface area contributed by atoms with E-state index in [-0.39, 0.29) is 12.2 Å².